The third kappa shape index (κ3) is 4.42. The molecule has 0 radical (unpaired) electrons. The van der Waals surface area contributed by atoms with Crippen molar-refractivity contribution < 1.29 is 18.0 Å². The zero-order valence-corrected chi connectivity index (χ0v) is 13.1. The number of hydrogen-bond donors (Lipinski definition) is 0. The van der Waals surface area contributed by atoms with Gasteiger partial charge in [0.1, 0.15) is 0 Å². The van der Waals surface area contributed by atoms with E-state index >= 15 is 0 Å². The predicted octanol–water partition coefficient (Wildman–Crippen LogP) is 4.26. The molecule has 0 rings (SSSR count). The maximum Gasteiger partial charge on any atom is 0.390 e. The van der Waals surface area contributed by atoms with Gasteiger partial charge in [-0.3, -0.25) is 4.57 Å². The molecule has 14 heavy (non-hydrogen) atoms. The van der Waals surface area contributed by atoms with E-state index in [1.54, 1.807) is 36.4 Å². The normalized spacial score (nSPS) is 14.1. The number of alkyl halides is 1. The minimum atomic E-state index is -3.68. The van der Waals surface area contributed by atoms with Crippen LogP contribution in [0.25, 0.3) is 0 Å². The molecule has 0 unspecified atom stereocenters. The summed E-state index contributed by atoms with van der Waals surface area (Å²) in [4.78, 5) is 0. The molecule has 7 heteroatoms. The Morgan fingerprint density at radius 1 is 1.36 bits per heavy atom. The van der Waals surface area contributed by atoms with Gasteiger partial charge in [0, 0.05) is 8.01 Å². The van der Waals surface area contributed by atoms with Crippen molar-refractivity contribution in [2.45, 2.75) is 13.8 Å². The summed E-state index contributed by atoms with van der Waals surface area (Å²) in [5, 5.41) is 0. The molecule has 0 aromatic heterocycles. The van der Waals surface area contributed by atoms with E-state index in [2.05, 4.69) is 0 Å². The molecular formula is C7H12FI2O3P. The van der Waals surface area contributed by atoms with Gasteiger partial charge in [-0.15, -0.1) is 0 Å². The van der Waals surface area contributed by atoms with Crippen LogP contribution in [0.1, 0.15) is 13.8 Å². The van der Waals surface area contributed by atoms with Crippen LogP contribution in [0.15, 0.2) is 9.15 Å². The largest absolute Gasteiger partial charge is 0.390 e. The van der Waals surface area contributed by atoms with E-state index in [0.29, 0.717) is 8.01 Å². The van der Waals surface area contributed by atoms with Crippen molar-refractivity contribution in [1.29, 1.82) is 0 Å². The quantitative estimate of drug-likeness (QED) is 0.347. The van der Waals surface area contributed by atoms with Crippen LogP contribution in [0.5, 0.6) is 0 Å². The highest BCUT2D eigenvalue weighted by Crippen LogP contribution is 2.58. The van der Waals surface area contributed by atoms with Crippen molar-refractivity contribution in [2.24, 2.45) is 0 Å². The number of allylic oxidation sites excluding steroid dienone is 1. The van der Waals surface area contributed by atoms with Crippen molar-refractivity contribution in [3.63, 3.8) is 0 Å². The Hall–Kier alpha value is 1.28. The second kappa shape index (κ2) is 7.54. The van der Waals surface area contributed by atoms with Gasteiger partial charge in [-0.1, -0.05) is 22.6 Å². The molecule has 0 aliphatic rings. The van der Waals surface area contributed by atoms with Crippen molar-refractivity contribution in [2.75, 3.05) is 17.6 Å². The molecule has 0 bridgehead atoms. The third-order valence-electron chi connectivity index (χ3n) is 1.18. The Kier molecular flexibility index (Phi) is 8.23. The molecule has 0 heterocycles. The van der Waals surface area contributed by atoms with Crippen LogP contribution in [-0.2, 0) is 13.6 Å². The number of rotatable bonds is 6. The first kappa shape index (κ1) is 15.3. The fraction of sp³-hybridized carbons (Fsp3) is 0.714. The summed E-state index contributed by atoms with van der Waals surface area (Å²) in [5.74, 6) is 0. The van der Waals surface area contributed by atoms with E-state index in [0.717, 1.165) is 0 Å². The van der Waals surface area contributed by atoms with E-state index in [4.69, 9.17) is 9.05 Å². The minimum Gasteiger partial charge on any atom is -0.304 e. The minimum absolute atomic E-state index is 0.163. The van der Waals surface area contributed by atoms with Crippen molar-refractivity contribution in [1.82, 2.24) is 0 Å². The van der Waals surface area contributed by atoms with E-state index in [-0.39, 0.29) is 13.2 Å². The monoisotopic (exact) mass is 448 g/mol. The summed E-state index contributed by atoms with van der Waals surface area (Å²) < 4.78 is 35.9. The second-order valence-electron chi connectivity index (χ2n) is 2.16. The predicted molar refractivity (Wildman–Crippen MR) is 71.9 cm³/mol. The van der Waals surface area contributed by atoms with Crippen LogP contribution in [0.2, 0.25) is 0 Å². The number of halogens is 3. The molecule has 0 aromatic carbocycles. The maximum atomic E-state index is 13.6. The smallest absolute Gasteiger partial charge is 0.304 e. The SMILES string of the molecule is CCOP(=O)(OCC)/C(F)=C(/I)CI. The van der Waals surface area contributed by atoms with Crippen LogP contribution >= 0.6 is 52.8 Å². The van der Waals surface area contributed by atoms with Crippen molar-refractivity contribution in [3.8, 4) is 0 Å². The maximum absolute atomic E-state index is 13.6. The molecule has 0 spiro atoms. The Bertz CT molecular complexity index is 247. The van der Waals surface area contributed by atoms with E-state index < -0.39 is 13.2 Å². The Morgan fingerprint density at radius 2 is 1.79 bits per heavy atom. The van der Waals surface area contributed by atoms with Gasteiger partial charge in [0.2, 0.25) is 5.57 Å². The fourth-order valence-corrected chi connectivity index (χ4v) is 3.57. The highest BCUT2D eigenvalue weighted by molar-refractivity contribution is 14.1. The zero-order valence-electron chi connectivity index (χ0n) is 7.93. The molecule has 0 atom stereocenters. The van der Waals surface area contributed by atoms with Crippen LogP contribution in [0, 0.1) is 0 Å². The third-order valence-corrected chi connectivity index (χ3v) is 6.63. The van der Waals surface area contributed by atoms with Gasteiger partial charge in [-0.2, -0.15) is 4.39 Å². The second-order valence-corrected chi connectivity index (χ2v) is 6.13. The summed E-state index contributed by atoms with van der Waals surface area (Å²) >= 11 is 3.79. The summed E-state index contributed by atoms with van der Waals surface area (Å²) in [6.07, 6.45) is 0. The summed E-state index contributed by atoms with van der Waals surface area (Å²) in [6, 6.07) is 0. The standard InChI is InChI=1S/C7H12FI2O3P/c1-3-12-14(11,13-4-2)7(8)6(10)5-9/h3-5H2,1-2H3/b7-6+. The average Bonchev–Trinajstić information content (AvgIpc) is 2.16. The molecule has 0 amide bonds. The summed E-state index contributed by atoms with van der Waals surface area (Å²) in [6.45, 7) is 3.62. The molecule has 0 saturated carbocycles. The van der Waals surface area contributed by atoms with Gasteiger partial charge >= 0.3 is 7.60 Å². The van der Waals surface area contributed by atoms with Crippen LogP contribution in [0.4, 0.5) is 4.39 Å². The van der Waals surface area contributed by atoms with Crippen LogP contribution in [-0.4, -0.2) is 17.6 Å². The lowest BCUT2D eigenvalue weighted by molar-refractivity contribution is 0.220. The highest BCUT2D eigenvalue weighted by Gasteiger charge is 2.32. The van der Waals surface area contributed by atoms with E-state index in [1.807, 2.05) is 22.6 Å². The topological polar surface area (TPSA) is 35.5 Å². The lowest BCUT2D eigenvalue weighted by Gasteiger charge is -2.15. The zero-order chi connectivity index (χ0) is 11.2. The molecule has 3 nitrogen and oxygen atoms in total. The molecular weight excluding hydrogens is 436 g/mol. The van der Waals surface area contributed by atoms with E-state index in [9.17, 15) is 8.96 Å². The Balaban J connectivity index is 4.91. The molecule has 84 valence electrons. The van der Waals surface area contributed by atoms with Crippen LogP contribution < -0.4 is 0 Å². The molecule has 0 N–H and O–H groups in total. The van der Waals surface area contributed by atoms with Gasteiger partial charge in [-0.25, -0.2) is 0 Å². The first-order valence-corrected chi connectivity index (χ1v) is 8.16. The molecule has 0 saturated heterocycles. The van der Waals surface area contributed by atoms with Gasteiger partial charge in [-0.05, 0) is 36.4 Å². The van der Waals surface area contributed by atoms with Gasteiger partial charge in [0.25, 0.3) is 0 Å². The average molecular weight is 448 g/mol. The summed E-state index contributed by atoms with van der Waals surface area (Å²) in [7, 11) is -3.68. The fourth-order valence-electron chi connectivity index (χ4n) is 0.694. The van der Waals surface area contributed by atoms with Gasteiger partial charge < -0.3 is 9.05 Å². The van der Waals surface area contributed by atoms with Crippen molar-refractivity contribution in [3.05, 3.63) is 9.15 Å². The molecule has 0 aliphatic carbocycles. The molecule has 0 aromatic rings. The summed E-state index contributed by atoms with van der Waals surface area (Å²) in [5.41, 5.74) is -0.767. The Labute approximate surface area is 111 Å². The van der Waals surface area contributed by atoms with Crippen molar-refractivity contribution >= 4 is 52.8 Å². The Morgan fingerprint density at radius 3 is 2.07 bits per heavy atom. The van der Waals surface area contributed by atoms with Crippen LogP contribution in [0.3, 0.4) is 0 Å². The lowest BCUT2D eigenvalue weighted by Crippen LogP contribution is -1.97. The first-order chi connectivity index (χ1) is 6.51. The van der Waals surface area contributed by atoms with E-state index in [1.165, 1.54) is 0 Å². The molecule has 0 fully saturated rings. The van der Waals surface area contributed by atoms with Gasteiger partial charge in [0.05, 0.1) is 13.2 Å². The van der Waals surface area contributed by atoms with Gasteiger partial charge in [0.15, 0.2) is 0 Å². The highest BCUT2D eigenvalue weighted by atomic mass is 127. The first-order valence-electron chi connectivity index (χ1n) is 4.01. The lowest BCUT2D eigenvalue weighted by atomic mass is 10.7. The number of hydrogen-bond acceptors (Lipinski definition) is 3. The molecule has 0 aliphatic heterocycles.